The van der Waals surface area contributed by atoms with Crippen molar-refractivity contribution in [2.75, 3.05) is 26.2 Å². The molecule has 0 aromatic carbocycles. The van der Waals surface area contributed by atoms with Crippen molar-refractivity contribution >= 4 is 11.6 Å². The quantitative estimate of drug-likeness (QED) is 0.776. The summed E-state index contributed by atoms with van der Waals surface area (Å²) < 4.78 is 7.29. The van der Waals surface area contributed by atoms with Gasteiger partial charge >= 0.3 is 0 Å². The largest absolute Gasteiger partial charge is 0.467 e. The highest BCUT2D eigenvalue weighted by molar-refractivity contribution is 5.94. The lowest BCUT2D eigenvalue weighted by molar-refractivity contribution is 0.0626. The lowest BCUT2D eigenvalue weighted by Gasteiger charge is -2.34. The Hall–Kier alpha value is -2.64. The van der Waals surface area contributed by atoms with E-state index in [0.717, 1.165) is 31.0 Å². The van der Waals surface area contributed by atoms with Crippen LogP contribution in [0.3, 0.4) is 0 Å². The van der Waals surface area contributed by atoms with Crippen LogP contribution in [0.25, 0.3) is 5.65 Å². The Bertz CT molecular complexity index is 843. The molecule has 1 saturated heterocycles. The van der Waals surface area contributed by atoms with Crippen molar-refractivity contribution in [2.24, 2.45) is 5.73 Å². The SMILES string of the molecule is NCc1cc(C(=O)N2CCN(Cc3cn4ccccc4n3)CC2)co1. The van der Waals surface area contributed by atoms with Gasteiger partial charge in [0.2, 0.25) is 0 Å². The molecule has 4 rings (SSSR count). The Morgan fingerprint density at radius 2 is 2.08 bits per heavy atom. The molecule has 0 unspecified atom stereocenters. The normalized spacial score (nSPS) is 15.8. The maximum Gasteiger partial charge on any atom is 0.257 e. The molecular formula is C18H21N5O2. The Labute approximate surface area is 145 Å². The molecule has 4 heterocycles. The first kappa shape index (κ1) is 15.9. The number of carbonyl (C=O) groups excluding carboxylic acids is 1. The number of hydrogen-bond acceptors (Lipinski definition) is 5. The van der Waals surface area contributed by atoms with E-state index in [4.69, 9.17) is 10.2 Å². The van der Waals surface area contributed by atoms with Gasteiger partial charge < -0.3 is 19.5 Å². The van der Waals surface area contributed by atoms with Crippen LogP contribution in [0.1, 0.15) is 21.8 Å². The van der Waals surface area contributed by atoms with Crippen LogP contribution in [0.5, 0.6) is 0 Å². The van der Waals surface area contributed by atoms with Crippen molar-refractivity contribution in [3.8, 4) is 0 Å². The molecule has 3 aromatic rings. The Kier molecular flexibility index (Phi) is 4.25. The molecule has 1 aliphatic heterocycles. The van der Waals surface area contributed by atoms with E-state index in [1.165, 1.54) is 6.26 Å². The minimum absolute atomic E-state index is 0.0100. The number of pyridine rings is 1. The average Bonchev–Trinajstić information content (AvgIpc) is 3.28. The van der Waals surface area contributed by atoms with Gasteiger partial charge in [-0.05, 0) is 18.2 Å². The molecule has 7 heteroatoms. The second-order valence-electron chi connectivity index (χ2n) is 6.27. The van der Waals surface area contributed by atoms with E-state index in [1.807, 2.05) is 33.7 Å². The fraction of sp³-hybridized carbons (Fsp3) is 0.333. The summed E-state index contributed by atoms with van der Waals surface area (Å²) in [6.45, 7) is 4.18. The molecule has 0 saturated carbocycles. The van der Waals surface area contributed by atoms with Gasteiger partial charge in [-0.1, -0.05) is 6.07 Å². The van der Waals surface area contributed by atoms with Crippen LogP contribution in [0.15, 0.2) is 47.3 Å². The molecule has 0 atom stereocenters. The second-order valence-corrected chi connectivity index (χ2v) is 6.27. The maximum atomic E-state index is 12.5. The number of piperazine rings is 1. The highest BCUT2D eigenvalue weighted by atomic mass is 16.3. The number of furan rings is 1. The van der Waals surface area contributed by atoms with Crippen molar-refractivity contribution < 1.29 is 9.21 Å². The van der Waals surface area contributed by atoms with Gasteiger partial charge in [-0.15, -0.1) is 0 Å². The summed E-state index contributed by atoms with van der Waals surface area (Å²) in [6, 6.07) is 7.71. The number of carbonyl (C=O) groups is 1. The Balaban J connectivity index is 1.35. The minimum atomic E-state index is 0.0100. The average molecular weight is 339 g/mol. The standard InChI is InChI=1S/C18H21N5O2/c19-10-16-9-14(13-25-16)18(24)22-7-5-21(6-8-22)11-15-12-23-4-2-1-3-17(23)20-15/h1-4,9,12-13H,5-8,10-11,19H2. The number of rotatable bonds is 4. The van der Waals surface area contributed by atoms with E-state index in [-0.39, 0.29) is 5.91 Å². The van der Waals surface area contributed by atoms with Crippen molar-refractivity contribution in [3.05, 3.63) is 59.9 Å². The van der Waals surface area contributed by atoms with Gasteiger partial charge in [0.15, 0.2) is 0 Å². The molecule has 130 valence electrons. The lowest BCUT2D eigenvalue weighted by atomic mass is 10.2. The topological polar surface area (TPSA) is 80.0 Å². The second kappa shape index (κ2) is 6.70. The summed E-state index contributed by atoms with van der Waals surface area (Å²) in [5, 5.41) is 0. The highest BCUT2D eigenvalue weighted by Crippen LogP contribution is 2.14. The van der Waals surface area contributed by atoms with Crippen molar-refractivity contribution in [1.82, 2.24) is 19.2 Å². The smallest absolute Gasteiger partial charge is 0.257 e. The number of nitrogens with zero attached hydrogens (tertiary/aromatic N) is 4. The van der Waals surface area contributed by atoms with E-state index < -0.39 is 0 Å². The van der Waals surface area contributed by atoms with Crippen LogP contribution in [-0.4, -0.2) is 51.3 Å². The maximum absolute atomic E-state index is 12.5. The van der Waals surface area contributed by atoms with Gasteiger partial charge in [-0.3, -0.25) is 9.69 Å². The van der Waals surface area contributed by atoms with Crippen LogP contribution >= 0.6 is 0 Å². The van der Waals surface area contributed by atoms with Crippen LogP contribution < -0.4 is 5.73 Å². The van der Waals surface area contributed by atoms with Crippen LogP contribution in [0.2, 0.25) is 0 Å². The third kappa shape index (κ3) is 3.29. The van der Waals surface area contributed by atoms with Gasteiger partial charge in [-0.2, -0.15) is 0 Å². The van der Waals surface area contributed by atoms with Crippen LogP contribution in [-0.2, 0) is 13.1 Å². The van der Waals surface area contributed by atoms with E-state index in [0.29, 0.717) is 31.0 Å². The van der Waals surface area contributed by atoms with Gasteiger partial charge in [0.05, 0.1) is 17.8 Å². The molecule has 1 aliphatic rings. The molecule has 3 aromatic heterocycles. The number of nitrogens with two attached hydrogens (primary N) is 1. The van der Waals surface area contributed by atoms with E-state index in [1.54, 1.807) is 6.07 Å². The van der Waals surface area contributed by atoms with Gasteiger partial charge in [0, 0.05) is 45.1 Å². The molecule has 1 fully saturated rings. The first-order chi connectivity index (χ1) is 12.2. The van der Waals surface area contributed by atoms with Crippen molar-refractivity contribution in [2.45, 2.75) is 13.1 Å². The number of amides is 1. The third-order valence-corrected chi connectivity index (χ3v) is 4.56. The molecule has 0 bridgehead atoms. The first-order valence-electron chi connectivity index (χ1n) is 8.44. The van der Waals surface area contributed by atoms with Crippen LogP contribution in [0.4, 0.5) is 0 Å². The zero-order chi connectivity index (χ0) is 17.2. The predicted molar refractivity (Wildman–Crippen MR) is 93.0 cm³/mol. The predicted octanol–water partition coefficient (Wildman–Crippen LogP) is 1.34. The molecule has 0 radical (unpaired) electrons. The summed E-state index contributed by atoms with van der Waals surface area (Å²) in [4.78, 5) is 21.3. The molecule has 25 heavy (non-hydrogen) atoms. The third-order valence-electron chi connectivity index (χ3n) is 4.56. The monoisotopic (exact) mass is 339 g/mol. The summed E-state index contributed by atoms with van der Waals surface area (Å²) in [5.74, 6) is 0.643. The molecule has 0 aliphatic carbocycles. The molecule has 7 nitrogen and oxygen atoms in total. The molecular weight excluding hydrogens is 318 g/mol. The minimum Gasteiger partial charge on any atom is -0.467 e. The first-order valence-corrected chi connectivity index (χ1v) is 8.44. The Morgan fingerprint density at radius 1 is 1.24 bits per heavy atom. The van der Waals surface area contributed by atoms with Crippen LogP contribution in [0, 0.1) is 0 Å². The van der Waals surface area contributed by atoms with Gasteiger partial charge in [0.1, 0.15) is 17.7 Å². The summed E-state index contributed by atoms with van der Waals surface area (Å²) in [5.41, 5.74) is 8.12. The van der Waals surface area contributed by atoms with Crippen molar-refractivity contribution in [1.29, 1.82) is 0 Å². The summed E-state index contributed by atoms with van der Waals surface area (Å²) >= 11 is 0. The van der Waals surface area contributed by atoms with E-state index in [9.17, 15) is 4.79 Å². The lowest BCUT2D eigenvalue weighted by Crippen LogP contribution is -2.48. The van der Waals surface area contributed by atoms with E-state index >= 15 is 0 Å². The van der Waals surface area contributed by atoms with Crippen molar-refractivity contribution in [3.63, 3.8) is 0 Å². The van der Waals surface area contributed by atoms with Gasteiger partial charge in [0.25, 0.3) is 5.91 Å². The Morgan fingerprint density at radius 3 is 2.80 bits per heavy atom. The summed E-state index contributed by atoms with van der Waals surface area (Å²) in [7, 11) is 0. The zero-order valence-electron chi connectivity index (χ0n) is 14.0. The number of imidazole rings is 1. The number of hydrogen-bond donors (Lipinski definition) is 1. The number of aromatic nitrogens is 2. The van der Waals surface area contributed by atoms with E-state index in [2.05, 4.69) is 16.1 Å². The fourth-order valence-electron chi connectivity index (χ4n) is 3.18. The van der Waals surface area contributed by atoms with Gasteiger partial charge in [-0.25, -0.2) is 4.98 Å². The zero-order valence-corrected chi connectivity index (χ0v) is 14.0. The molecule has 1 amide bonds. The molecule has 2 N–H and O–H groups in total. The number of fused-ring (bicyclic) bond motifs is 1. The fourth-order valence-corrected chi connectivity index (χ4v) is 3.18. The summed E-state index contributed by atoms with van der Waals surface area (Å²) in [6.07, 6.45) is 5.56. The highest BCUT2D eigenvalue weighted by Gasteiger charge is 2.23. The molecule has 0 spiro atoms.